The number of nitrogens with zero attached hydrogens (tertiary/aromatic N) is 3. The van der Waals surface area contributed by atoms with E-state index in [0.29, 0.717) is 11.0 Å². The first kappa shape index (κ1) is 22.0. The topological polar surface area (TPSA) is 81.1 Å². The Morgan fingerprint density at radius 3 is 2.35 bits per heavy atom. The minimum atomic E-state index is -0.465. The minimum absolute atomic E-state index is 0.0915. The van der Waals surface area contributed by atoms with E-state index in [1.54, 1.807) is 7.11 Å². The summed E-state index contributed by atoms with van der Waals surface area (Å²) in [5, 5.41) is 12.1. The third-order valence-corrected chi connectivity index (χ3v) is 7.15. The van der Waals surface area contributed by atoms with Crippen LogP contribution in [-0.2, 0) is 4.79 Å². The van der Waals surface area contributed by atoms with Crippen LogP contribution in [0.1, 0.15) is 22.7 Å². The Morgan fingerprint density at radius 2 is 1.68 bits per heavy atom. The minimum Gasteiger partial charge on any atom is -0.497 e. The lowest BCUT2D eigenvalue weighted by Gasteiger charge is -2.33. The van der Waals surface area contributed by atoms with Crippen LogP contribution in [0.3, 0.4) is 0 Å². The molecule has 4 aromatic rings. The van der Waals surface area contributed by atoms with Gasteiger partial charge in [0, 0.05) is 11.3 Å². The Labute approximate surface area is 202 Å². The van der Waals surface area contributed by atoms with Crippen LogP contribution in [0, 0.1) is 13.8 Å². The van der Waals surface area contributed by atoms with Gasteiger partial charge in [-0.25, -0.2) is 4.68 Å². The van der Waals surface area contributed by atoms with Crippen molar-refractivity contribution < 1.29 is 9.53 Å². The molecule has 3 aromatic carbocycles. The molecule has 8 heteroatoms. The van der Waals surface area contributed by atoms with E-state index in [1.165, 1.54) is 11.8 Å². The van der Waals surface area contributed by atoms with Crippen LogP contribution in [0.5, 0.6) is 5.75 Å². The molecule has 2 heterocycles. The molecular formula is C26H25N5O2S. The number of thioether (sulfide) groups is 1. The number of aromatic nitrogens is 3. The largest absolute Gasteiger partial charge is 0.497 e. The fourth-order valence-electron chi connectivity index (χ4n) is 4.10. The zero-order valence-corrected chi connectivity index (χ0v) is 20.0. The van der Waals surface area contributed by atoms with E-state index >= 15 is 0 Å². The van der Waals surface area contributed by atoms with Crippen LogP contribution < -0.4 is 15.5 Å². The van der Waals surface area contributed by atoms with Gasteiger partial charge in [-0.15, -0.1) is 10.2 Å². The molecule has 2 atom stereocenters. The molecule has 0 spiro atoms. The number of nitrogens with one attached hydrogen (secondary N) is 2. The lowest BCUT2D eigenvalue weighted by Crippen LogP contribution is -2.41. The highest BCUT2D eigenvalue weighted by Crippen LogP contribution is 2.39. The van der Waals surface area contributed by atoms with E-state index in [0.717, 1.165) is 33.7 Å². The van der Waals surface area contributed by atoms with Gasteiger partial charge in [0.05, 0.1) is 13.2 Å². The standard InChI is InChI=1S/C26H25N5O2S/c1-16-8-7-9-17(2)21(16)27-25(32)23-22(18-12-14-20(33-3)15-13-18)30-31-24(28-29-26(31)34-23)19-10-5-4-6-11-19/h4-15,22-23,30H,1-3H3,(H,27,32)/t22-,23-/m1/s1. The molecule has 2 N–H and O–H groups in total. The molecule has 1 amide bonds. The van der Waals surface area contributed by atoms with Crippen LogP contribution in [0.15, 0.2) is 78.0 Å². The molecule has 0 fully saturated rings. The number of rotatable bonds is 5. The van der Waals surface area contributed by atoms with E-state index < -0.39 is 5.25 Å². The zero-order valence-electron chi connectivity index (χ0n) is 19.1. The second-order valence-corrected chi connectivity index (χ2v) is 9.29. The Hall–Kier alpha value is -3.78. The van der Waals surface area contributed by atoms with Crippen molar-refractivity contribution in [2.24, 2.45) is 0 Å². The van der Waals surface area contributed by atoms with Crippen LogP contribution in [0.2, 0.25) is 0 Å². The molecule has 7 nitrogen and oxygen atoms in total. The Bertz CT molecular complexity index is 1300. The van der Waals surface area contributed by atoms with E-state index in [1.807, 2.05) is 91.3 Å². The summed E-state index contributed by atoms with van der Waals surface area (Å²) in [7, 11) is 1.64. The third kappa shape index (κ3) is 4.12. The summed E-state index contributed by atoms with van der Waals surface area (Å²) in [4.78, 5) is 13.6. The third-order valence-electron chi connectivity index (χ3n) is 5.93. The summed E-state index contributed by atoms with van der Waals surface area (Å²) in [5.74, 6) is 1.38. The summed E-state index contributed by atoms with van der Waals surface area (Å²) in [6, 6.07) is 23.3. The maximum atomic E-state index is 13.6. The van der Waals surface area contributed by atoms with Crippen LogP contribution in [0.25, 0.3) is 11.4 Å². The molecule has 34 heavy (non-hydrogen) atoms. The van der Waals surface area contributed by atoms with Gasteiger partial charge in [-0.1, -0.05) is 72.4 Å². The number of fused-ring (bicyclic) bond motifs is 1. The zero-order chi connectivity index (χ0) is 23.7. The highest BCUT2D eigenvalue weighted by Gasteiger charge is 2.38. The molecule has 1 aliphatic rings. The number of amides is 1. The predicted molar refractivity (Wildman–Crippen MR) is 135 cm³/mol. The van der Waals surface area contributed by atoms with Gasteiger partial charge in [0.2, 0.25) is 11.1 Å². The van der Waals surface area contributed by atoms with Crippen LogP contribution >= 0.6 is 11.8 Å². The van der Waals surface area contributed by atoms with E-state index in [4.69, 9.17) is 4.74 Å². The molecular weight excluding hydrogens is 446 g/mol. The lowest BCUT2D eigenvalue weighted by atomic mass is 10.0. The van der Waals surface area contributed by atoms with Crippen molar-refractivity contribution >= 4 is 23.4 Å². The summed E-state index contributed by atoms with van der Waals surface area (Å²) in [6.07, 6.45) is 0. The highest BCUT2D eigenvalue weighted by atomic mass is 32.2. The lowest BCUT2D eigenvalue weighted by molar-refractivity contribution is -0.116. The first-order chi connectivity index (χ1) is 16.5. The average Bonchev–Trinajstić information content (AvgIpc) is 3.29. The number of hydrogen-bond acceptors (Lipinski definition) is 6. The number of methoxy groups -OCH3 is 1. The van der Waals surface area contributed by atoms with Gasteiger partial charge in [0.15, 0.2) is 5.82 Å². The Balaban J connectivity index is 1.53. The fraction of sp³-hybridized carbons (Fsp3) is 0.192. The van der Waals surface area contributed by atoms with Gasteiger partial charge in [0.1, 0.15) is 11.0 Å². The molecule has 172 valence electrons. The molecule has 0 bridgehead atoms. The summed E-state index contributed by atoms with van der Waals surface area (Å²) < 4.78 is 7.20. The van der Waals surface area contributed by atoms with Crippen molar-refractivity contribution in [3.8, 4) is 17.1 Å². The number of ether oxygens (including phenoxy) is 1. The first-order valence-corrected chi connectivity index (χ1v) is 11.9. The second kappa shape index (κ2) is 9.23. The summed E-state index contributed by atoms with van der Waals surface area (Å²) in [5.41, 5.74) is 8.32. The molecule has 5 rings (SSSR count). The van der Waals surface area contributed by atoms with Crippen molar-refractivity contribution in [2.45, 2.75) is 30.3 Å². The van der Waals surface area contributed by atoms with Gasteiger partial charge in [-0.3, -0.25) is 4.79 Å². The quantitative estimate of drug-likeness (QED) is 0.428. The maximum Gasteiger partial charge on any atom is 0.240 e. The van der Waals surface area contributed by atoms with E-state index in [9.17, 15) is 4.79 Å². The van der Waals surface area contributed by atoms with Gasteiger partial charge in [-0.2, -0.15) is 0 Å². The number of hydrogen-bond donors (Lipinski definition) is 2. The van der Waals surface area contributed by atoms with Gasteiger partial charge < -0.3 is 15.5 Å². The van der Waals surface area contributed by atoms with E-state index in [2.05, 4.69) is 20.9 Å². The van der Waals surface area contributed by atoms with Crippen molar-refractivity contribution in [3.63, 3.8) is 0 Å². The van der Waals surface area contributed by atoms with Crippen LogP contribution in [0.4, 0.5) is 5.69 Å². The van der Waals surface area contributed by atoms with Gasteiger partial charge in [0.25, 0.3) is 0 Å². The summed E-state index contributed by atoms with van der Waals surface area (Å²) in [6.45, 7) is 4.00. The number of anilines is 1. The van der Waals surface area contributed by atoms with Crippen molar-refractivity contribution in [1.29, 1.82) is 0 Å². The number of aryl methyl sites for hydroxylation is 2. The van der Waals surface area contributed by atoms with Gasteiger partial charge >= 0.3 is 0 Å². The first-order valence-electron chi connectivity index (χ1n) is 11.0. The number of carbonyl (C=O) groups excluding carboxylic acids is 1. The normalized spacial score (nSPS) is 16.9. The highest BCUT2D eigenvalue weighted by molar-refractivity contribution is 8.00. The van der Waals surface area contributed by atoms with E-state index in [-0.39, 0.29) is 11.9 Å². The van der Waals surface area contributed by atoms with Crippen molar-refractivity contribution in [1.82, 2.24) is 14.9 Å². The van der Waals surface area contributed by atoms with Gasteiger partial charge in [-0.05, 0) is 42.7 Å². The SMILES string of the molecule is COc1ccc([C@H]2Nn3c(nnc3-c3ccccc3)S[C@H]2C(=O)Nc2c(C)cccc2C)cc1. The molecule has 0 radical (unpaired) electrons. The molecule has 0 aliphatic carbocycles. The Morgan fingerprint density at radius 1 is 0.971 bits per heavy atom. The van der Waals surface area contributed by atoms with Crippen molar-refractivity contribution in [2.75, 3.05) is 17.9 Å². The number of benzene rings is 3. The molecule has 1 aromatic heterocycles. The monoisotopic (exact) mass is 471 g/mol. The molecule has 0 saturated carbocycles. The number of carbonyl (C=O) groups is 1. The predicted octanol–water partition coefficient (Wildman–Crippen LogP) is 4.97. The molecule has 0 unspecified atom stereocenters. The second-order valence-electron chi connectivity index (χ2n) is 8.18. The molecule has 1 aliphatic heterocycles. The van der Waals surface area contributed by atoms with Crippen molar-refractivity contribution in [3.05, 3.63) is 89.5 Å². The average molecular weight is 472 g/mol. The maximum absolute atomic E-state index is 13.6. The van der Waals surface area contributed by atoms with Crippen LogP contribution in [-0.4, -0.2) is 33.1 Å². The number of para-hydroxylation sites is 1. The fourth-order valence-corrected chi connectivity index (χ4v) is 5.18. The Kier molecular flexibility index (Phi) is 5.98. The molecule has 0 saturated heterocycles. The smallest absolute Gasteiger partial charge is 0.240 e. The summed E-state index contributed by atoms with van der Waals surface area (Å²) >= 11 is 1.41.